The summed E-state index contributed by atoms with van der Waals surface area (Å²) in [7, 11) is 3.23. The van der Waals surface area contributed by atoms with E-state index in [1.54, 1.807) is 20.3 Å². The molecule has 1 fully saturated rings. The molecule has 3 rings (SSSR count). The SMILES string of the molecule is COc1ccc(CC[C@@H](NC(=O)[C@@H]2CCCCN2)c2cccc(OCC(=O)OCC(C)C)c2)cc1OC. The van der Waals surface area contributed by atoms with E-state index in [1.807, 2.05) is 50.2 Å². The first-order valence-corrected chi connectivity index (χ1v) is 13.0. The van der Waals surface area contributed by atoms with Gasteiger partial charge in [-0.25, -0.2) is 4.79 Å². The molecule has 0 saturated carbocycles. The van der Waals surface area contributed by atoms with Gasteiger partial charge in [0, 0.05) is 0 Å². The molecule has 1 saturated heterocycles. The molecule has 37 heavy (non-hydrogen) atoms. The highest BCUT2D eigenvalue weighted by Crippen LogP contribution is 2.30. The summed E-state index contributed by atoms with van der Waals surface area (Å²) in [5.41, 5.74) is 1.99. The first kappa shape index (κ1) is 28.3. The fourth-order valence-electron chi connectivity index (χ4n) is 4.28. The minimum atomic E-state index is -0.402. The zero-order valence-electron chi connectivity index (χ0n) is 22.4. The Labute approximate surface area is 220 Å². The van der Waals surface area contributed by atoms with Crippen LogP contribution < -0.4 is 24.8 Å². The minimum Gasteiger partial charge on any atom is -0.493 e. The van der Waals surface area contributed by atoms with E-state index in [0.717, 1.165) is 43.4 Å². The summed E-state index contributed by atoms with van der Waals surface area (Å²) in [5, 5.41) is 6.57. The van der Waals surface area contributed by atoms with E-state index in [0.29, 0.717) is 30.3 Å². The van der Waals surface area contributed by atoms with Crippen LogP contribution in [0.3, 0.4) is 0 Å². The predicted molar refractivity (Wildman–Crippen MR) is 142 cm³/mol. The van der Waals surface area contributed by atoms with Crippen molar-refractivity contribution in [3.05, 3.63) is 53.6 Å². The van der Waals surface area contributed by atoms with Crippen molar-refractivity contribution in [1.82, 2.24) is 10.6 Å². The quantitative estimate of drug-likeness (QED) is 0.388. The van der Waals surface area contributed by atoms with Crippen LogP contribution in [0.15, 0.2) is 42.5 Å². The van der Waals surface area contributed by atoms with Crippen LogP contribution in [0.4, 0.5) is 0 Å². The average molecular weight is 513 g/mol. The lowest BCUT2D eigenvalue weighted by Gasteiger charge is -2.26. The summed E-state index contributed by atoms with van der Waals surface area (Å²) in [4.78, 5) is 25.1. The molecule has 0 bridgehead atoms. The molecular formula is C29H40N2O6. The van der Waals surface area contributed by atoms with Crippen molar-refractivity contribution >= 4 is 11.9 Å². The van der Waals surface area contributed by atoms with Gasteiger partial charge in [0.15, 0.2) is 18.1 Å². The Morgan fingerprint density at radius 2 is 1.86 bits per heavy atom. The van der Waals surface area contributed by atoms with Crippen LogP contribution in [0.1, 0.15) is 56.7 Å². The van der Waals surface area contributed by atoms with E-state index in [-0.39, 0.29) is 30.5 Å². The van der Waals surface area contributed by atoms with Crippen molar-refractivity contribution in [2.24, 2.45) is 5.92 Å². The fraction of sp³-hybridized carbons (Fsp3) is 0.517. The molecule has 0 aliphatic carbocycles. The molecule has 0 radical (unpaired) electrons. The van der Waals surface area contributed by atoms with E-state index in [2.05, 4.69) is 10.6 Å². The largest absolute Gasteiger partial charge is 0.493 e. The third-order valence-electron chi connectivity index (χ3n) is 6.31. The maximum Gasteiger partial charge on any atom is 0.344 e. The van der Waals surface area contributed by atoms with Crippen LogP contribution in [-0.4, -0.2) is 51.9 Å². The van der Waals surface area contributed by atoms with Crippen LogP contribution in [0.5, 0.6) is 17.2 Å². The molecule has 0 aromatic heterocycles. The van der Waals surface area contributed by atoms with Gasteiger partial charge in [-0.05, 0) is 73.5 Å². The summed E-state index contributed by atoms with van der Waals surface area (Å²) < 4.78 is 21.7. The Morgan fingerprint density at radius 3 is 2.57 bits per heavy atom. The lowest BCUT2D eigenvalue weighted by Crippen LogP contribution is -2.47. The highest BCUT2D eigenvalue weighted by Gasteiger charge is 2.24. The molecule has 1 aliphatic rings. The molecule has 2 aromatic carbocycles. The van der Waals surface area contributed by atoms with Crippen LogP contribution in [0, 0.1) is 5.92 Å². The van der Waals surface area contributed by atoms with E-state index in [9.17, 15) is 9.59 Å². The number of aryl methyl sites for hydroxylation is 1. The number of nitrogens with one attached hydrogen (secondary N) is 2. The standard InChI is InChI=1S/C29H40N2O6/c1-20(2)18-37-28(32)19-36-23-9-7-8-22(17-23)24(31-29(33)25-10-5-6-15-30-25)13-11-21-12-14-26(34-3)27(16-21)35-4/h7-9,12,14,16-17,20,24-25,30H,5-6,10-11,13,15,18-19H2,1-4H3,(H,31,33)/t24-,25+/m1/s1. The summed E-state index contributed by atoms with van der Waals surface area (Å²) >= 11 is 0. The first-order chi connectivity index (χ1) is 17.9. The maximum absolute atomic E-state index is 13.1. The molecule has 8 heteroatoms. The van der Waals surface area contributed by atoms with Gasteiger partial charge in [0.2, 0.25) is 5.91 Å². The fourth-order valence-corrected chi connectivity index (χ4v) is 4.28. The number of esters is 1. The van der Waals surface area contributed by atoms with E-state index >= 15 is 0 Å². The summed E-state index contributed by atoms with van der Waals surface area (Å²) in [6.07, 6.45) is 4.35. The summed E-state index contributed by atoms with van der Waals surface area (Å²) in [6, 6.07) is 13.0. The number of amides is 1. The van der Waals surface area contributed by atoms with Crippen molar-refractivity contribution < 1.29 is 28.5 Å². The lowest BCUT2D eigenvalue weighted by molar-refractivity contribution is -0.147. The molecule has 8 nitrogen and oxygen atoms in total. The van der Waals surface area contributed by atoms with Gasteiger partial charge in [-0.1, -0.05) is 38.5 Å². The molecular weight excluding hydrogens is 472 g/mol. The number of methoxy groups -OCH3 is 2. The van der Waals surface area contributed by atoms with Gasteiger partial charge in [0.1, 0.15) is 5.75 Å². The zero-order chi connectivity index (χ0) is 26.6. The van der Waals surface area contributed by atoms with Gasteiger partial charge in [-0.15, -0.1) is 0 Å². The molecule has 1 aliphatic heterocycles. The Morgan fingerprint density at radius 1 is 1.05 bits per heavy atom. The van der Waals surface area contributed by atoms with Crippen molar-refractivity contribution in [2.45, 2.75) is 58.0 Å². The zero-order valence-corrected chi connectivity index (χ0v) is 22.4. The maximum atomic E-state index is 13.1. The normalized spacial score (nSPS) is 16.1. The van der Waals surface area contributed by atoms with Gasteiger partial charge < -0.3 is 29.6 Å². The number of hydrogen-bond donors (Lipinski definition) is 2. The third kappa shape index (κ3) is 8.97. The Hall–Kier alpha value is -3.26. The number of benzene rings is 2. The predicted octanol–water partition coefficient (Wildman–Crippen LogP) is 4.21. The molecule has 2 aromatic rings. The van der Waals surface area contributed by atoms with Gasteiger partial charge in [-0.2, -0.15) is 0 Å². The van der Waals surface area contributed by atoms with Crippen molar-refractivity contribution in [1.29, 1.82) is 0 Å². The molecule has 2 N–H and O–H groups in total. The number of rotatable bonds is 13. The topological polar surface area (TPSA) is 95.1 Å². The van der Waals surface area contributed by atoms with E-state index < -0.39 is 5.97 Å². The van der Waals surface area contributed by atoms with Crippen LogP contribution in [-0.2, 0) is 20.7 Å². The smallest absolute Gasteiger partial charge is 0.344 e. The molecule has 2 atom stereocenters. The summed E-state index contributed by atoms with van der Waals surface area (Å²) in [5.74, 6) is 1.77. The molecule has 0 unspecified atom stereocenters. The Kier molecular flexibility index (Phi) is 11.1. The van der Waals surface area contributed by atoms with Gasteiger partial charge in [0.05, 0.1) is 32.9 Å². The van der Waals surface area contributed by atoms with Crippen molar-refractivity contribution in [3.63, 3.8) is 0 Å². The van der Waals surface area contributed by atoms with Crippen LogP contribution in [0.2, 0.25) is 0 Å². The third-order valence-corrected chi connectivity index (χ3v) is 6.31. The second kappa shape index (κ2) is 14.5. The lowest BCUT2D eigenvalue weighted by atomic mass is 9.97. The number of hydrogen-bond acceptors (Lipinski definition) is 7. The van der Waals surface area contributed by atoms with Gasteiger partial charge >= 0.3 is 5.97 Å². The minimum absolute atomic E-state index is 0.000552. The summed E-state index contributed by atoms with van der Waals surface area (Å²) in [6.45, 7) is 5.02. The first-order valence-electron chi connectivity index (χ1n) is 13.0. The van der Waals surface area contributed by atoms with Crippen LogP contribution >= 0.6 is 0 Å². The number of carbonyl (C=O) groups is 2. The van der Waals surface area contributed by atoms with Gasteiger partial charge in [0.25, 0.3) is 0 Å². The Balaban J connectivity index is 1.72. The van der Waals surface area contributed by atoms with Gasteiger partial charge in [-0.3, -0.25) is 4.79 Å². The second-order valence-electron chi connectivity index (χ2n) is 9.73. The second-order valence-corrected chi connectivity index (χ2v) is 9.73. The van der Waals surface area contributed by atoms with Crippen molar-refractivity contribution in [3.8, 4) is 17.2 Å². The monoisotopic (exact) mass is 512 g/mol. The molecule has 1 amide bonds. The molecule has 1 heterocycles. The molecule has 0 spiro atoms. The highest BCUT2D eigenvalue weighted by molar-refractivity contribution is 5.82. The van der Waals surface area contributed by atoms with E-state index in [4.69, 9.17) is 18.9 Å². The highest BCUT2D eigenvalue weighted by atomic mass is 16.6. The molecule has 202 valence electrons. The Bertz CT molecular complexity index is 1020. The number of piperidine rings is 1. The number of carbonyl (C=O) groups excluding carboxylic acids is 2. The van der Waals surface area contributed by atoms with Crippen LogP contribution in [0.25, 0.3) is 0 Å². The average Bonchev–Trinajstić information content (AvgIpc) is 2.93. The number of ether oxygens (including phenoxy) is 4. The van der Waals surface area contributed by atoms with E-state index in [1.165, 1.54) is 0 Å². The van der Waals surface area contributed by atoms with Crippen molar-refractivity contribution in [2.75, 3.05) is 34.0 Å².